The molecule has 0 radical (unpaired) electrons. The van der Waals surface area contributed by atoms with Crippen LogP contribution in [0.3, 0.4) is 0 Å². The van der Waals surface area contributed by atoms with E-state index in [-0.39, 0.29) is 11.6 Å². The minimum absolute atomic E-state index is 0. The maximum atomic E-state index is 10.0. The van der Waals surface area contributed by atoms with Crippen LogP contribution in [0.15, 0.2) is 35.5 Å². The standard InChI is InChI=1S/C27H44O2.H2O/c1-19-10-13-23(28)18-22(19)12-11-21-9-7-17-27(5)24(14-15-25(21)27)20(2)8-6-16-26(3,4)29;/h11-12,20,23-25,28-29H,1,6-10,13-18H2,2-5H3;1H2/b21-11+,22-12-;/t20-,23-,24-,25+,27-;/m1./s1. The zero-order valence-electron chi connectivity index (χ0n) is 19.8. The van der Waals surface area contributed by atoms with Crippen LogP contribution >= 0.6 is 0 Å². The summed E-state index contributed by atoms with van der Waals surface area (Å²) in [7, 11) is 0. The largest absolute Gasteiger partial charge is 0.412 e. The Labute approximate surface area is 184 Å². The minimum atomic E-state index is -0.535. The molecule has 3 saturated carbocycles. The molecule has 3 fully saturated rings. The Kier molecular flexibility index (Phi) is 8.58. The van der Waals surface area contributed by atoms with E-state index in [0.29, 0.717) is 5.41 Å². The molecule has 0 unspecified atom stereocenters. The van der Waals surface area contributed by atoms with Crippen LogP contribution in [-0.4, -0.2) is 27.4 Å². The first-order chi connectivity index (χ1) is 13.6. The molecule has 5 atom stereocenters. The van der Waals surface area contributed by atoms with E-state index in [4.69, 9.17) is 0 Å². The first kappa shape index (κ1) is 25.4. The van der Waals surface area contributed by atoms with E-state index < -0.39 is 5.60 Å². The zero-order valence-corrected chi connectivity index (χ0v) is 19.8. The zero-order chi connectivity index (χ0) is 21.2. The van der Waals surface area contributed by atoms with Crippen LogP contribution in [0.4, 0.5) is 0 Å². The van der Waals surface area contributed by atoms with Gasteiger partial charge in [-0.1, -0.05) is 56.6 Å². The number of rotatable bonds is 6. The lowest BCUT2D eigenvalue weighted by atomic mass is 9.60. The van der Waals surface area contributed by atoms with Gasteiger partial charge in [-0.25, -0.2) is 0 Å². The molecule has 3 rings (SSSR count). The lowest BCUT2D eigenvalue weighted by Crippen LogP contribution is -2.36. The Morgan fingerprint density at radius 2 is 1.93 bits per heavy atom. The van der Waals surface area contributed by atoms with Crippen molar-refractivity contribution in [3.63, 3.8) is 0 Å². The van der Waals surface area contributed by atoms with Gasteiger partial charge in [0.15, 0.2) is 0 Å². The van der Waals surface area contributed by atoms with Crippen LogP contribution in [0.2, 0.25) is 0 Å². The maximum absolute atomic E-state index is 10.0. The van der Waals surface area contributed by atoms with Gasteiger partial charge >= 0.3 is 0 Å². The molecule has 3 aliphatic rings. The van der Waals surface area contributed by atoms with Gasteiger partial charge in [0.05, 0.1) is 11.7 Å². The average molecular weight is 419 g/mol. The molecule has 0 aromatic heterocycles. The van der Waals surface area contributed by atoms with Gasteiger partial charge in [0, 0.05) is 0 Å². The second kappa shape index (κ2) is 10.1. The number of fused-ring (bicyclic) bond motifs is 1. The van der Waals surface area contributed by atoms with Crippen molar-refractivity contribution in [2.75, 3.05) is 0 Å². The fraction of sp³-hybridized carbons (Fsp3) is 0.778. The van der Waals surface area contributed by atoms with Crippen molar-refractivity contribution in [2.45, 2.75) is 110 Å². The maximum Gasteiger partial charge on any atom is 0.0591 e. The highest BCUT2D eigenvalue weighted by atomic mass is 16.3. The summed E-state index contributed by atoms with van der Waals surface area (Å²) in [6.07, 6.45) is 16.9. The van der Waals surface area contributed by atoms with Crippen LogP contribution in [0.25, 0.3) is 0 Å². The fourth-order valence-electron chi connectivity index (χ4n) is 6.67. The molecule has 0 aromatic carbocycles. The Balaban J connectivity index is 0.00000320. The van der Waals surface area contributed by atoms with Crippen molar-refractivity contribution in [3.05, 3.63) is 35.5 Å². The smallest absolute Gasteiger partial charge is 0.0591 e. The van der Waals surface area contributed by atoms with Crippen LogP contribution in [0.5, 0.6) is 0 Å². The summed E-state index contributed by atoms with van der Waals surface area (Å²) in [6, 6.07) is 0. The second-order valence-corrected chi connectivity index (χ2v) is 11.2. The predicted molar refractivity (Wildman–Crippen MR) is 126 cm³/mol. The molecule has 4 N–H and O–H groups in total. The van der Waals surface area contributed by atoms with Crippen LogP contribution in [-0.2, 0) is 0 Å². The van der Waals surface area contributed by atoms with Crippen LogP contribution in [0, 0.1) is 23.2 Å². The number of aliphatic hydroxyl groups is 2. The summed E-state index contributed by atoms with van der Waals surface area (Å²) in [5, 5.41) is 20.1. The third-order valence-electron chi connectivity index (χ3n) is 8.36. The highest BCUT2D eigenvalue weighted by molar-refractivity contribution is 5.36. The molecule has 0 spiro atoms. The summed E-state index contributed by atoms with van der Waals surface area (Å²) in [5.41, 5.74) is 4.02. The molecule has 0 heterocycles. The van der Waals surface area contributed by atoms with E-state index in [9.17, 15) is 10.2 Å². The Morgan fingerprint density at radius 3 is 2.63 bits per heavy atom. The van der Waals surface area contributed by atoms with E-state index in [1.54, 1.807) is 5.57 Å². The van der Waals surface area contributed by atoms with Gasteiger partial charge in [-0.3, -0.25) is 0 Å². The van der Waals surface area contributed by atoms with Crippen molar-refractivity contribution >= 4 is 0 Å². The number of allylic oxidation sites excluding steroid dienone is 4. The Hall–Kier alpha value is -0.900. The third-order valence-corrected chi connectivity index (χ3v) is 8.36. The quantitative estimate of drug-likeness (QED) is 0.563. The molecule has 0 bridgehead atoms. The van der Waals surface area contributed by atoms with Crippen LogP contribution < -0.4 is 0 Å². The fourth-order valence-corrected chi connectivity index (χ4v) is 6.67. The first-order valence-electron chi connectivity index (χ1n) is 12.1. The molecule has 0 aliphatic heterocycles. The average Bonchev–Trinajstić information content (AvgIpc) is 2.99. The summed E-state index contributed by atoms with van der Waals surface area (Å²) in [5.74, 6) is 2.26. The molecule has 3 heteroatoms. The van der Waals surface area contributed by atoms with Gasteiger partial charge in [-0.05, 0) is 100 Å². The molecule has 0 amide bonds. The number of aliphatic hydroxyl groups excluding tert-OH is 1. The van der Waals surface area contributed by atoms with Gasteiger partial charge < -0.3 is 15.7 Å². The van der Waals surface area contributed by atoms with Crippen molar-refractivity contribution in [1.82, 2.24) is 0 Å². The first-order valence-corrected chi connectivity index (χ1v) is 12.1. The monoisotopic (exact) mass is 418 g/mol. The van der Waals surface area contributed by atoms with Crippen molar-refractivity contribution in [1.29, 1.82) is 0 Å². The molecule has 0 saturated heterocycles. The second-order valence-electron chi connectivity index (χ2n) is 11.2. The van der Waals surface area contributed by atoms with Gasteiger partial charge in [0.2, 0.25) is 0 Å². The Morgan fingerprint density at radius 1 is 1.20 bits per heavy atom. The summed E-state index contributed by atoms with van der Waals surface area (Å²) in [4.78, 5) is 0. The molecule has 3 nitrogen and oxygen atoms in total. The lowest BCUT2D eigenvalue weighted by molar-refractivity contribution is 0.0596. The Bertz CT molecular complexity index is 654. The summed E-state index contributed by atoms with van der Waals surface area (Å²) >= 11 is 0. The van der Waals surface area contributed by atoms with Gasteiger partial charge in [0.25, 0.3) is 0 Å². The SMILES string of the molecule is C=C1CC[C@@H](O)C/C1=C/C=C1\CCC[C@]2(C)[C@@H]([C@H](C)CCCC(C)(C)O)CC[C@@H]12.O. The van der Waals surface area contributed by atoms with Gasteiger partial charge in [-0.15, -0.1) is 0 Å². The normalized spacial score (nSPS) is 35.9. The summed E-state index contributed by atoms with van der Waals surface area (Å²) in [6.45, 7) is 13.1. The molecule has 3 aliphatic carbocycles. The van der Waals surface area contributed by atoms with Crippen molar-refractivity contribution < 1.29 is 15.7 Å². The number of hydrogen-bond donors (Lipinski definition) is 2. The predicted octanol–water partition coefficient (Wildman–Crippen LogP) is 5.91. The van der Waals surface area contributed by atoms with E-state index in [2.05, 4.69) is 32.6 Å². The lowest BCUT2D eigenvalue weighted by Gasteiger charge is -2.44. The molecular formula is C27H46O3. The molecule has 0 aromatic rings. The number of hydrogen-bond acceptors (Lipinski definition) is 2. The van der Waals surface area contributed by atoms with E-state index in [1.165, 1.54) is 49.7 Å². The third kappa shape index (κ3) is 5.87. The van der Waals surface area contributed by atoms with E-state index in [0.717, 1.165) is 49.9 Å². The van der Waals surface area contributed by atoms with E-state index in [1.807, 2.05) is 13.8 Å². The van der Waals surface area contributed by atoms with Crippen molar-refractivity contribution in [3.8, 4) is 0 Å². The summed E-state index contributed by atoms with van der Waals surface area (Å²) < 4.78 is 0. The van der Waals surface area contributed by atoms with E-state index >= 15 is 0 Å². The van der Waals surface area contributed by atoms with Gasteiger partial charge in [-0.2, -0.15) is 0 Å². The van der Waals surface area contributed by atoms with Gasteiger partial charge in [0.1, 0.15) is 0 Å². The molecular weight excluding hydrogens is 372 g/mol. The van der Waals surface area contributed by atoms with Crippen molar-refractivity contribution in [2.24, 2.45) is 23.2 Å². The highest BCUT2D eigenvalue weighted by Crippen LogP contribution is 2.60. The van der Waals surface area contributed by atoms with Crippen LogP contribution in [0.1, 0.15) is 98.3 Å². The topological polar surface area (TPSA) is 72.0 Å². The molecule has 30 heavy (non-hydrogen) atoms. The minimum Gasteiger partial charge on any atom is -0.412 e. The molecule has 172 valence electrons. The highest BCUT2D eigenvalue weighted by Gasteiger charge is 2.50.